The van der Waals surface area contributed by atoms with Crippen molar-refractivity contribution in [2.24, 2.45) is 0 Å². The standard InChI is InChI=1S/C29H22ClNO3/c1-18(14-29(32)31-21-12-10-20(30)11-13-21)24-15-25-26(17-34-28(25)16-27(24)33-2)23-9-5-7-19-6-3-4-8-22(19)23/h3-17H,1-2H3,(H,31,32)/b18-14+. The van der Waals surface area contributed by atoms with Gasteiger partial charge in [-0.2, -0.15) is 0 Å². The molecule has 4 aromatic carbocycles. The molecule has 0 saturated carbocycles. The van der Waals surface area contributed by atoms with Crippen molar-refractivity contribution in [2.45, 2.75) is 6.92 Å². The molecule has 0 aliphatic heterocycles. The first kappa shape index (κ1) is 21.8. The third-order valence-electron chi connectivity index (χ3n) is 5.86. The van der Waals surface area contributed by atoms with Gasteiger partial charge in [0.15, 0.2) is 0 Å². The van der Waals surface area contributed by atoms with Crippen molar-refractivity contribution in [2.75, 3.05) is 12.4 Å². The van der Waals surface area contributed by atoms with Crippen molar-refractivity contribution < 1.29 is 13.9 Å². The summed E-state index contributed by atoms with van der Waals surface area (Å²) in [5.41, 5.74) is 5.08. The molecule has 168 valence electrons. The molecule has 0 aliphatic carbocycles. The van der Waals surface area contributed by atoms with Crippen LogP contribution in [0.15, 0.2) is 95.6 Å². The van der Waals surface area contributed by atoms with E-state index < -0.39 is 0 Å². The molecule has 0 aliphatic rings. The third kappa shape index (κ3) is 4.16. The highest BCUT2D eigenvalue weighted by molar-refractivity contribution is 6.30. The number of benzene rings is 4. The number of hydrogen-bond donors (Lipinski definition) is 1. The minimum atomic E-state index is -0.233. The van der Waals surface area contributed by atoms with Gasteiger partial charge in [-0.1, -0.05) is 54.1 Å². The molecule has 1 heterocycles. The summed E-state index contributed by atoms with van der Waals surface area (Å²) in [6, 6.07) is 25.4. The fourth-order valence-corrected chi connectivity index (χ4v) is 4.31. The quantitative estimate of drug-likeness (QED) is 0.267. The highest BCUT2D eigenvalue weighted by atomic mass is 35.5. The van der Waals surface area contributed by atoms with Crippen LogP contribution in [0.5, 0.6) is 5.75 Å². The van der Waals surface area contributed by atoms with Crippen LogP contribution < -0.4 is 10.1 Å². The van der Waals surface area contributed by atoms with Gasteiger partial charge in [-0.25, -0.2) is 0 Å². The predicted octanol–water partition coefficient (Wildman–Crippen LogP) is 7.96. The van der Waals surface area contributed by atoms with Crippen molar-refractivity contribution >= 4 is 50.5 Å². The molecule has 1 aromatic heterocycles. The van der Waals surface area contributed by atoms with E-state index in [2.05, 4.69) is 29.6 Å². The second-order valence-corrected chi connectivity index (χ2v) is 8.48. The summed E-state index contributed by atoms with van der Waals surface area (Å²) >= 11 is 5.93. The Hall–Kier alpha value is -4.02. The topological polar surface area (TPSA) is 51.5 Å². The Morgan fingerprint density at radius 3 is 2.50 bits per heavy atom. The summed E-state index contributed by atoms with van der Waals surface area (Å²) < 4.78 is 11.5. The summed E-state index contributed by atoms with van der Waals surface area (Å²) in [5.74, 6) is 0.405. The maximum atomic E-state index is 12.6. The average molecular weight is 468 g/mol. The van der Waals surface area contributed by atoms with E-state index in [1.54, 1.807) is 43.7 Å². The maximum absolute atomic E-state index is 12.6. The lowest BCUT2D eigenvalue weighted by atomic mass is 9.96. The fraction of sp³-hybridized carbons (Fsp3) is 0.0690. The van der Waals surface area contributed by atoms with Crippen LogP contribution in [-0.4, -0.2) is 13.0 Å². The van der Waals surface area contributed by atoms with Gasteiger partial charge in [-0.05, 0) is 59.2 Å². The number of hydrogen-bond acceptors (Lipinski definition) is 3. The third-order valence-corrected chi connectivity index (χ3v) is 6.11. The molecule has 4 nitrogen and oxygen atoms in total. The normalized spacial score (nSPS) is 11.7. The largest absolute Gasteiger partial charge is 0.496 e. The second kappa shape index (κ2) is 9.08. The Kier molecular flexibility index (Phi) is 5.83. The zero-order valence-corrected chi connectivity index (χ0v) is 19.5. The van der Waals surface area contributed by atoms with Crippen LogP contribution in [0.1, 0.15) is 12.5 Å². The van der Waals surface area contributed by atoms with Crippen LogP contribution in [0.25, 0.3) is 38.4 Å². The van der Waals surface area contributed by atoms with Gasteiger partial charge in [-0.3, -0.25) is 4.79 Å². The molecule has 5 rings (SSSR count). The van der Waals surface area contributed by atoms with E-state index >= 15 is 0 Å². The minimum Gasteiger partial charge on any atom is -0.496 e. The number of methoxy groups -OCH3 is 1. The van der Waals surface area contributed by atoms with Crippen molar-refractivity contribution in [1.29, 1.82) is 0 Å². The molecule has 1 N–H and O–H groups in total. The number of allylic oxidation sites excluding steroid dienone is 1. The number of amides is 1. The van der Waals surface area contributed by atoms with Gasteiger partial charge in [0.25, 0.3) is 0 Å². The Labute approximate surface area is 202 Å². The Balaban J connectivity index is 1.56. The number of rotatable bonds is 5. The average Bonchev–Trinajstić information content (AvgIpc) is 3.27. The second-order valence-electron chi connectivity index (χ2n) is 8.05. The van der Waals surface area contributed by atoms with E-state index in [0.29, 0.717) is 16.5 Å². The Morgan fingerprint density at radius 2 is 1.71 bits per heavy atom. The molecule has 0 fully saturated rings. The predicted molar refractivity (Wildman–Crippen MR) is 139 cm³/mol. The molecular weight excluding hydrogens is 446 g/mol. The number of nitrogens with one attached hydrogen (secondary N) is 1. The first-order chi connectivity index (χ1) is 16.5. The first-order valence-corrected chi connectivity index (χ1v) is 11.2. The number of furan rings is 1. The number of carbonyl (C=O) groups excluding carboxylic acids is 1. The van der Waals surface area contributed by atoms with Crippen LogP contribution in [0.3, 0.4) is 0 Å². The highest BCUT2D eigenvalue weighted by Crippen LogP contribution is 2.39. The monoisotopic (exact) mass is 467 g/mol. The number of carbonyl (C=O) groups is 1. The molecule has 0 bridgehead atoms. The van der Waals surface area contributed by atoms with E-state index in [4.69, 9.17) is 20.8 Å². The number of anilines is 1. The molecule has 1 amide bonds. The summed E-state index contributed by atoms with van der Waals surface area (Å²) in [5, 5.41) is 6.75. The lowest BCUT2D eigenvalue weighted by molar-refractivity contribution is -0.111. The maximum Gasteiger partial charge on any atom is 0.248 e. The molecule has 0 saturated heterocycles. The molecule has 34 heavy (non-hydrogen) atoms. The summed E-state index contributed by atoms with van der Waals surface area (Å²) in [4.78, 5) is 12.6. The SMILES string of the molecule is COc1cc2occ(-c3cccc4ccccc34)c2cc1/C(C)=C/C(=O)Nc1ccc(Cl)cc1. The van der Waals surface area contributed by atoms with Gasteiger partial charge in [0.05, 0.1) is 13.4 Å². The highest BCUT2D eigenvalue weighted by Gasteiger charge is 2.16. The van der Waals surface area contributed by atoms with E-state index in [0.717, 1.165) is 44.0 Å². The van der Waals surface area contributed by atoms with E-state index in [1.165, 1.54) is 0 Å². The van der Waals surface area contributed by atoms with Gasteiger partial charge < -0.3 is 14.5 Å². The fourth-order valence-electron chi connectivity index (χ4n) is 4.19. The zero-order chi connectivity index (χ0) is 23.7. The summed E-state index contributed by atoms with van der Waals surface area (Å²) in [7, 11) is 1.61. The Morgan fingerprint density at radius 1 is 0.941 bits per heavy atom. The molecule has 5 aromatic rings. The molecule has 5 heteroatoms. The minimum absolute atomic E-state index is 0.233. The number of halogens is 1. The van der Waals surface area contributed by atoms with Gasteiger partial charge in [0.2, 0.25) is 5.91 Å². The van der Waals surface area contributed by atoms with Gasteiger partial charge in [-0.15, -0.1) is 0 Å². The van der Waals surface area contributed by atoms with Crippen LogP contribution in [0, 0.1) is 0 Å². The summed E-state index contributed by atoms with van der Waals surface area (Å²) in [6.07, 6.45) is 3.35. The van der Waals surface area contributed by atoms with Crippen LogP contribution in [0.2, 0.25) is 5.02 Å². The molecule has 0 atom stereocenters. The lowest BCUT2D eigenvalue weighted by Crippen LogP contribution is -2.08. The first-order valence-electron chi connectivity index (χ1n) is 10.9. The van der Waals surface area contributed by atoms with Gasteiger partial charge >= 0.3 is 0 Å². The van der Waals surface area contributed by atoms with Crippen LogP contribution in [0.4, 0.5) is 5.69 Å². The van der Waals surface area contributed by atoms with Gasteiger partial charge in [0, 0.05) is 39.4 Å². The lowest BCUT2D eigenvalue weighted by Gasteiger charge is -2.11. The van der Waals surface area contributed by atoms with Gasteiger partial charge in [0.1, 0.15) is 11.3 Å². The molecule has 0 unspecified atom stereocenters. The van der Waals surface area contributed by atoms with E-state index in [1.807, 2.05) is 37.3 Å². The van der Waals surface area contributed by atoms with Crippen LogP contribution in [-0.2, 0) is 4.79 Å². The smallest absolute Gasteiger partial charge is 0.248 e. The van der Waals surface area contributed by atoms with Crippen molar-refractivity contribution in [3.63, 3.8) is 0 Å². The van der Waals surface area contributed by atoms with Crippen molar-refractivity contribution in [3.05, 3.63) is 102 Å². The molecule has 0 radical (unpaired) electrons. The van der Waals surface area contributed by atoms with Crippen LogP contribution >= 0.6 is 11.6 Å². The number of fused-ring (bicyclic) bond motifs is 2. The number of ether oxygens (including phenoxy) is 1. The van der Waals surface area contributed by atoms with Crippen molar-refractivity contribution in [3.8, 4) is 16.9 Å². The zero-order valence-electron chi connectivity index (χ0n) is 18.8. The Bertz CT molecular complexity index is 1540. The molecule has 0 spiro atoms. The summed E-state index contributed by atoms with van der Waals surface area (Å²) in [6.45, 7) is 1.89. The van der Waals surface area contributed by atoms with Crippen molar-refractivity contribution in [1.82, 2.24) is 0 Å². The molecular formula is C29H22ClNO3. The van der Waals surface area contributed by atoms with E-state index in [-0.39, 0.29) is 5.91 Å². The van der Waals surface area contributed by atoms with E-state index in [9.17, 15) is 4.79 Å².